The first-order chi connectivity index (χ1) is 12.8. The van der Waals surface area contributed by atoms with Gasteiger partial charge in [0.1, 0.15) is 6.29 Å². The van der Waals surface area contributed by atoms with E-state index >= 15 is 0 Å². The van der Waals surface area contributed by atoms with E-state index in [1.807, 2.05) is 12.1 Å². The molecular weight excluding hydrogens is 316 g/mol. The predicted octanol–water partition coefficient (Wildman–Crippen LogP) is 8.47. The highest BCUT2D eigenvalue weighted by molar-refractivity contribution is 5.77. The van der Waals surface area contributed by atoms with E-state index in [0.29, 0.717) is 5.92 Å². The molecule has 1 aromatic rings. The minimum Gasteiger partial charge on any atom is -0.298 e. The van der Waals surface area contributed by atoms with E-state index < -0.39 is 0 Å². The maximum Gasteiger partial charge on any atom is 0.150 e. The number of rotatable bonds is 17. The first-order valence-corrected chi connectivity index (χ1v) is 11.4. The van der Waals surface area contributed by atoms with Crippen molar-refractivity contribution in [1.82, 2.24) is 0 Å². The van der Waals surface area contributed by atoms with Gasteiger partial charge < -0.3 is 0 Å². The maximum absolute atomic E-state index is 11.3. The Morgan fingerprint density at radius 2 is 1.23 bits per heavy atom. The highest BCUT2D eigenvalue weighted by atomic mass is 16.1. The molecule has 1 atom stereocenters. The molecule has 0 heterocycles. The lowest BCUT2D eigenvalue weighted by Crippen LogP contribution is -2.03. The second-order valence-corrected chi connectivity index (χ2v) is 7.91. The molecule has 0 bridgehead atoms. The molecule has 0 fully saturated rings. The molecule has 0 aliphatic rings. The third-order valence-electron chi connectivity index (χ3n) is 5.61. The molecular formula is C25H42O. The van der Waals surface area contributed by atoms with Gasteiger partial charge in [-0.1, -0.05) is 122 Å². The van der Waals surface area contributed by atoms with Crippen molar-refractivity contribution in [2.75, 3.05) is 0 Å². The molecule has 1 heteroatoms. The fraction of sp³-hybridized carbons (Fsp3) is 0.720. The predicted molar refractivity (Wildman–Crippen MR) is 115 cm³/mol. The average Bonchev–Trinajstić information content (AvgIpc) is 2.68. The summed E-state index contributed by atoms with van der Waals surface area (Å²) in [5, 5.41) is 0. The molecule has 1 unspecified atom stereocenters. The van der Waals surface area contributed by atoms with Crippen molar-refractivity contribution in [3.63, 3.8) is 0 Å². The quantitative estimate of drug-likeness (QED) is 0.201. The van der Waals surface area contributed by atoms with Gasteiger partial charge in [-0.25, -0.2) is 0 Å². The number of aldehydes is 1. The molecule has 0 amide bonds. The van der Waals surface area contributed by atoms with Gasteiger partial charge in [-0.3, -0.25) is 4.79 Å². The van der Waals surface area contributed by atoms with Crippen molar-refractivity contribution in [3.05, 3.63) is 35.4 Å². The second-order valence-electron chi connectivity index (χ2n) is 7.91. The molecule has 0 aromatic heterocycles. The van der Waals surface area contributed by atoms with Crippen molar-refractivity contribution in [1.29, 1.82) is 0 Å². The Kier molecular flexibility index (Phi) is 14.2. The van der Waals surface area contributed by atoms with Crippen LogP contribution in [0.4, 0.5) is 0 Å². The SMILES string of the molecule is CCCCCCCCCCCCCCC(CCC)c1ccccc1C=O. The summed E-state index contributed by atoms with van der Waals surface area (Å²) in [5.74, 6) is 0.560. The number of carbonyl (C=O) groups is 1. The minimum absolute atomic E-state index is 0.560. The fourth-order valence-corrected chi connectivity index (χ4v) is 4.03. The second kappa shape index (κ2) is 16.1. The van der Waals surface area contributed by atoms with Crippen LogP contribution in [0.1, 0.15) is 132 Å². The van der Waals surface area contributed by atoms with Crippen LogP contribution >= 0.6 is 0 Å². The summed E-state index contributed by atoms with van der Waals surface area (Å²) in [4.78, 5) is 11.3. The Balaban J connectivity index is 2.12. The molecule has 0 radical (unpaired) electrons. The van der Waals surface area contributed by atoms with Crippen molar-refractivity contribution < 1.29 is 4.79 Å². The number of unbranched alkanes of at least 4 members (excludes halogenated alkanes) is 11. The molecule has 148 valence electrons. The van der Waals surface area contributed by atoms with Crippen molar-refractivity contribution >= 4 is 6.29 Å². The summed E-state index contributed by atoms with van der Waals surface area (Å²) in [5.41, 5.74) is 2.16. The molecule has 0 saturated heterocycles. The van der Waals surface area contributed by atoms with E-state index in [1.165, 1.54) is 102 Å². The zero-order valence-electron chi connectivity index (χ0n) is 17.5. The van der Waals surface area contributed by atoms with Crippen LogP contribution in [0.2, 0.25) is 0 Å². The molecule has 1 aromatic carbocycles. The van der Waals surface area contributed by atoms with Crippen LogP contribution in [-0.4, -0.2) is 6.29 Å². The van der Waals surface area contributed by atoms with Crippen LogP contribution in [0.15, 0.2) is 24.3 Å². The van der Waals surface area contributed by atoms with Crippen LogP contribution in [0.25, 0.3) is 0 Å². The van der Waals surface area contributed by atoms with Gasteiger partial charge in [0.2, 0.25) is 0 Å². The Hall–Kier alpha value is -1.11. The monoisotopic (exact) mass is 358 g/mol. The normalized spacial score (nSPS) is 12.2. The highest BCUT2D eigenvalue weighted by Crippen LogP contribution is 2.29. The first kappa shape index (κ1) is 22.9. The van der Waals surface area contributed by atoms with Crippen molar-refractivity contribution in [2.45, 2.75) is 116 Å². The summed E-state index contributed by atoms with van der Waals surface area (Å²) in [6.07, 6.45) is 21.4. The Morgan fingerprint density at radius 1 is 0.692 bits per heavy atom. The molecule has 0 aliphatic carbocycles. The Morgan fingerprint density at radius 3 is 1.77 bits per heavy atom. The first-order valence-electron chi connectivity index (χ1n) is 11.4. The molecule has 26 heavy (non-hydrogen) atoms. The van der Waals surface area contributed by atoms with Crippen LogP contribution in [0.3, 0.4) is 0 Å². The molecule has 1 rings (SSSR count). The van der Waals surface area contributed by atoms with Crippen LogP contribution in [-0.2, 0) is 0 Å². The smallest absolute Gasteiger partial charge is 0.150 e. The van der Waals surface area contributed by atoms with Gasteiger partial charge in [-0.05, 0) is 24.3 Å². The van der Waals surface area contributed by atoms with Gasteiger partial charge in [-0.15, -0.1) is 0 Å². The van der Waals surface area contributed by atoms with Gasteiger partial charge in [-0.2, -0.15) is 0 Å². The molecule has 0 saturated carbocycles. The number of carbonyl (C=O) groups excluding carboxylic acids is 1. The summed E-state index contributed by atoms with van der Waals surface area (Å²) < 4.78 is 0. The Bertz CT molecular complexity index is 451. The lowest BCUT2D eigenvalue weighted by atomic mass is 9.86. The lowest BCUT2D eigenvalue weighted by molar-refractivity contribution is 0.112. The topological polar surface area (TPSA) is 17.1 Å². The number of benzene rings is 1. The Labute approximate surface area is 163 Å². The summed E-state index contributed by atoms with van der Waals surface area (Å²) >= 11 is 0. The van der Waals surface area contributed by atoms with Gasteiger partial charge in [0.25, 0.3) is 0 Å². The van der Waals surface area contributed by atoms with E-state index in [1.54, 1.807) is 0 Å². The molecule has 0 N–H and O–H groups in total. The van der Waals surface area contributed by atoms with Gasteiger partial charge >= 0.3 is 0 Å². The molecule has 0 spiro atoms. The molecule has 1 nitrogen and oxygen atoms in total. The van der Waals surface area contributed by atoms with Crippen LogP contribution < -0.4 is 0 Å². The van der Waals surface area contributed by atoms with Gasteiger partial charge in [0.05, 0.1) is 0 Å². The molecule has 0 aliphatic heterocycles. The zero-order chi connectivity index (χ0) is 18.9. The van der Waals surface area contributed by atoms with Gasteiger partial charge in [0, 0.05) is 5.56 Å². The minimum atomic E-state index is 0.560. The third-order valence-corrected chi connectivity index (χ3v) is 5.61. The largest absolute Gasteiger partial charge is 0.298 e. The summed E-state index contributed by atoms with van der Waals surface area (Å²) in [6, 6.07) is 8.17. The van der Waals surface area contributed by atoms with Crippen molar-refractivity contribution in [2.24, 2.45) is 0 Å². The maximum atomic E-state index is 11.3. The van der Waals surface area contributed by atoms with E-state index in [9.17, 15) is 4.79 Å². The van der Waals surface area contributed by atoms with Gasteiger partial charge in [0.15, 0.2) is 0 Å². The third kappa shape index (κ3) is 10.1. The number of hydrogen-bond acceptors (Lipinski definition) is 1. The van der Waals surface area contributed by atoms with E-state index in [-0.39, 0.29) is 0 Å². The highest BCUT2D eigenvalue weighted by Gasteiger charge is 2.13. The van der Waals surface area contributed by atoms with E-state index in [4.69, 9.17) is 0 Å². The standard InChI is InChI=1S/C25H42O/c1-3-5-6-7-8-9-10-11-12-13-14-15-19-23(18-4-2)25-21-17-16-20-24(25)22-26/h16-17,20-23H,3-15,18-19H2,1-2H3. The van der Waals surface area contributed by atoms with Crippen LogP contribution in [0, 0.1) is 0 Å². The van der Waals surface area contributed by atoms with E-state index in [0.717, 1.165) is 11.8 Å². The lowest BCUT2D eigenvalue weighted by Gasteiger charge is -2.18. The average molecular weight is 359 g/mol. The van der Waals surface area contributed by atoms with Crippen molar-refractivity contribution in [3.8, 4) is 0 Å². The summed E-state index contributed by atoms with van der Waals surface area (Å²) in [7, 11) is 0. The number of hydrogen-bond donors (Lipinski definition) is 0. The van der Waals surface area contributed by atoms with Crippen LogP contribution in [0.5, 0.6) is 0 Å². The zero-order valence-corrected chi connectivity index (χ0v) is 17.5. The summed E-state index contributed by atoms with van der Waals surface area (Å²) in [6.45, 7) is 4.53. The van der Waals surface area contributed by atoms with E-state index in [2.05, 4.69) is 26.0 Å². The fourth-order valence-electron chi connectivity index (χ4n) is 4.03.